The number of methoxy groups -OCH3 is 1. The molecule has 2 N–H and O–H groups in total. The highest BCUT2D eigenvalue weighted by Crippen LogP contribution is 2.32. The lowest BCUT2D eigenvalue weighted by atomic mass is 9.94. The number of nitrogens with one attached hydrogen (secondary N) is 2. The molecular formula is C20H20ClN3O4. The molecule has 0 aromatic heterocycles. The molecule has 0 saturated heterocycles. The Balaban J connectivity index is 1.99. The van der Waals surface area contributed by atoms with Gasteiger partial charge in [0.25, 0.3) is 5.91 Å². The number of allylic oxidation sites excluding steroid dienone is 1. The van der Waals surface area contributed by atoms with Gasteiger partial charge in [-0.05, 0) is 48.9 Å². The molecular weight excluding hydrogens is 382 g/mol. The Kier molecular flexibility index (Phi) is 5.87. The fourth-order valence-corrected chi connectivity index (χ4v) is 3.14. The van der Waals surface area contributed by atoms with E-state index in [0.717, 1.165) is 10.6 Å². The minimum atomic E-state index is -0.642. The summed E-state index contributed by atoms with van der Waals surface area (Å²) in [5.74, 6) is 0.319. The van der Waals surface area contributed by atoms with Crippen LogP contribution >= 0.6 is 11.6 Å². The zero-order valence-corrected chi connectivity index (χ0v) is 16.4. The second-order valence-corrected chi connectivity index (χ2v) is 6.53. The Morgan fingerprint density at radius 1 is 1.11 bits per heavy atom. The molecule has 8 heteroatoms. The lowest BCUT2D eigenvalue weighted by molar-refractivity contribution is -0.114. The quantitative estimate of drug-likeness (QED) is 0.796. The highest BCUT2D eigenvalue weighted by molar-refractivity contribution is 6.30. The molecule has 1 heterocycles. The van der Waals surface area contributed by atoms with E-state index in [2.05, 4.69) is 10.6 Å². The summed E-state index contributed by atoms with van der Waals surface area (Å²) in [6.45, 7) is 1.66. The maximum absolute atomic E-state index is 13.1. The molecule has 0 fully saturated rings. The Labute approximate surface area is 167 Å². The van der Waals surface area contributed by atoms with Crippen molar-refractivity contribution in [2.24, 2.45) is 0 Å². The number of hydrogen-bond acceptors (Lipinski definition) is 4. The van der Waals surface area contributed by atoms with Crippen LogP contribution in [-0.2, 0) is 9.63 Å². The van der Waals surface area contributed by atoms with Gasteiger partial charge in [-0.25, -0.2) is 4.79 Å². The van der Waals surface area contributed by atoms with Crippen LogP contribution in [0.3, 0.4) is 0 Å². The number of nitrogens with zero attached hydrogens (tertiary/aromatic N) is 1. The van der Waals surface area contributed by atoms with Crippen molar-refractivity contribution in [2.75, 3.05) is 19.5 Å². The van der Waals surface area contributed by atoms with Crippen LogP contribution in [0, 0.1) is 0 Å². The number of hydrogen-bond donors (Lipinski definition) is 2. The molecule has 0 radical (unpaired) electrons. The molecule has 3 amide bonds. The summed E-state index contributed by atoms with van der Waals surface area (Å²) >= 11 is 5.90. The van der Waals surface area contributed by atoms with Crippen LogP contribution in [0.2, 0.25) is 5.02 Å². The number of hydroxylamine groups is 2. The predicted molar refractivity (Wildman–Crippen MR) is 106 cm³/mol. The second-order valence-electron chi connectivity index (χ2n) is 6.09. The number of urea groups is 1. The summed E-state index contributed by atoms with van der Waals surface area (Å²) < 4.78 is 5.18. The Bertz CT molecular complexity index is 910. The van der Waals surface area contributed by atoms with Gasteiger partial charge < -0.3 is 15.4 Å². The van der Waals surface area contributed by atoms with E-state index in [1.807, 2.05) is 0 Å². The van der Waals surface area contributed by atoms with Crippen molar-refractivity contribution in [3.05, 3.63) is 70.4 Å². The molecule has 0 saturated carbocycles. The summed E-state index contributed by atoms with van der Waals surface area (Å²) in [7, 11) is 2.94. The van der Waals surface area contributed by atoms with E-state index in [-0.39, 0.29) is 5.91 Å². The standard InChI is InChI=1S/C20H20ClN3O4/c1-12-17(19(25)22-15-8-6-14(21)7-9-15)18(23-20(26)24(12)28-3)13-4-10-16(27-2)11-5-13/h4-11,18H,1-3H3,(H,22,25)(H,23,26). The van der Waals surface area contributed by atoms with Gasteiger partial charge in [0.2, 0.25) is 0 Å². The average Bonchev–Trinajstić information content (AvgIpc) is 2.69. The number of carbonyl (C=O) groups is 2. The first-order valence-electron chi connectivity index (χ1n) is 8.51. The molecule has 0 aliphatic carbocycles. The van der Waals surface area contributed by atoms with Gasteiger partial charge in [-0.2, -0.15) is 5.06 Å². The minimum Gasteiger partial charge on any atom is -0.497 e. The number of halogens is 1. The van der Waals surface area contributed by atoms with Crippen LogP contribution < -0.4 is 15.4 Å². The van der Waals surface area contributed by atoms with E-state index >= 15 is 0 Å². The SMILES string of the molecule is COc1ccc(C2NC(=O)N(OC)C(C)=C2C(=O)Nc2ccc(Cl)cc2)cc1. The van der Waals surface area contributed by atoms with Crippen LogP contribution in [0.4, 0.5) is 10.5 Å². The highest BCUT2D eigenvalue weighted by atomic mass is 35.5. The Hall–Kier alpha value is -3.03. The number of ether oxygens (including phenoxy) is 1. The number of amides is 3. The van der Waals surface area contributed by atoms with Crippen LogP contribution in [0.25, 0.3) is 0 Å². The van der Waals surface area contributed by atoms with Gasteiger partial charge in [0, 0.05) is 10.7 Å². The molecule has 0 spiro atoms. The van der Waals surface area contributed by atoms with Crippen molar-refractivity contribution in [2.45, 2.75) is 13.0 Å². The lowest BCUT2D eigenvalue weighted by Gasteiger charge is -2.34. The van der Waals surface area contributed by atoms with Gasteiger partial charge in [0.1, 0.15) is 5.75 Å². The van der Waals surface area contributed by atoms with E-state index in [4.69, 9.17) is 21.2 Å². The molecule has 7 nitrogen and oxygen atoms in total. The van der Waals surface area contributed by atoms with Gasteiger partial charge in [-0.3, -0.25) is 9.63 Å². The van der Waals surface area contributed by atoms with Gasteiger partial charge >= 0.3 is 6.03 Å². The molecule has 1 atom stereocenters. The van der Waals surface area contributed by atoms with E-state index < -0.39 is 12.1 Å². The van der Waals surface area contributed by atoms with E-state index in [1.165, 1.54) is 7.11 Å². The third kappa shape index (κ3) is 3.95. The average molecular weight is 402 g/mol. The van der Waals surface area contributed by atoms with Crippen LogP contribution in [0.15, 0.2) is 59.8 Å². The van der Waals surface area contributed by atoms with Crippen molar-refractivity contribution < 1.29 is 19.2 Å². The Morgan fingerprint density at radius 2 is 1.75 bits per heavy atom. The number of carbonyl (C=O) groups excluding carboxylic acids is 2. The first-order valence-corrected chi connectivity index (χ1v) is 8.88. The van der Waals surface area contributed by atoms with Crippen LogP contribution in [0.1, 0.15) is 18.5 Å². The maximum Gasteiger partial charge on any atom is 0.346 e. The van der Waals surface area contributed by atoms with Crippen LogP contribution in [-0.4, -0.2) is 31.2 Å². The zero-order chi connectivity index (χ0) is 20.3. The van der Waals surface area contributed by atoms with Crippen molar-refractivity contribution >= 4 is 29.2 Å². The van der Waals surface area contributed by atoms with Gasteiger partial charge in [0.15, 0.2) is 0 Å². The first-order chi connectivity index (χ1) is 13.4. The van der Waals surface area contributed by atoms with Crippen molar-refractivity contribution in [3.8, 4) is 5.75 Å². The van der Waals surface area contributed by atoms with Crippen molar-refractivity contribution in [1.29, 1.82) is 0 Å². The molecule has 2 aromatic rings. The molecule has 28 heavy (non-hydrogen) atoms. The van der Waals surface area contributed by atoms with Gasteiger partial charge in [-0.1, -0.05) is 23.7 Å². The third-order valence-electron chi connectivity index (χ3n) is 4.41. The Morgan fingerprint density at radius 3 is 2.32 bits per heavy atom. The lowest BCUT2D eigenvalue weighted by Crippen LogP contribution is -2.48. The monoisotopic (exact) mass is 401 g/mol. The van der Waals surface area contributed by atoms with E-state index in [1.54, 1.807) is 62.6 Å². The first kappa shape index (κ1) is 19.7. The topological polar surface area (TPSA) is 79.9 Å². The maximum atomic E-state index is 13.1. The molecule has 2 aromatic carbocycles. The molecule has 0 bridgehead atoms. The highest BCUT2D eigenvalue weighted by Gasteiger charge is 2.36. The predicted octanol–water partition coefficient (Wildman–Crippen LogP) is 3.89. The normalized spacial score (nSPS) is 16.6. The van der Waals surface area contributed by atoms with Crippen molar-refractivity contribution in [1.82, 2.24) is 10.4 Å². The fourth-order valence-electron chi connectivity index (χ4n) is 3.02. The second kappa shape index (κ2) is 8.33. The van der Waals surface area contributed by atoms with Gasteiger partial charge in [-0.15, -0.1) is 0 Å². The third-order valence-corrected chi connectivity index (χ3v) is 4.67. The molecule has 1 unspecified atom stereocenters. The van der Waals surface area contributed by atoms with Crippen LogP contribution in [0.5, 0.6) is 5.75 Å². The smallest absolute Gasteiger partial charge is 0.346 e. The molecule has 1 aliphatic heterocycles. The largest absolute Gasteiger partial charge is 0.497 e. The number of rotatable bonds is 5. The van der Waals surface area contributed by atoms with Crippen molar-refractivity contribution in [3.63, 3.8) is 0 Å². The minimum absolute atomic E-state index is 0.359. The van der Waals surface area contributed by atoms with E-state index in [9.17, 15) is 9.59 Å². The fraction of sp³-hybridized carbons (Fsp3) is 0.200. The summed E-state index contributed by atoms with van der Waals surface area (Å²) in [4.78, 5) is 30.6. The van der Waals surface area contributed by atoms with Gasteiger partial charge in [0.05, 0.1) is 31.5 Å². The summed E-state index contributed by atoms with van der Waals surface area (Å²) in [5.41, 5.74) is 2.09. The number of benzene rings is 2. The summed E-state index contributed by atoms with van der Waals surface area (Å²) in [6.07, 6.45) is 0. The molecule has 3 rings (SSSR count). The molecule has 146 valence electrons. The van der Waals surface area contributed by atoms with E-state index in [0.29, 0.717) is 27.7 Å². The zero-order valence-electron chi connectivity index (χ0n) is 15.7. The number of anilines is 1. The molecule has 1 aliphatic rings. The summed E-state index contributed by atoms with van der Waals surface area (Å²) in [5, 5.41) is 7.27. The summed E-state index contributed by atoms with van der Waals surface area (Å²) in [6, 6.07) is 12.8.